The average Bonchev–Trinajstić information content (AvgIpc) is 2.33. The smallest absolute Gasteiger partial charge is 0.220 e. The number of primary amides is 1. The number of rotatable bonds is 3. The molecule has 1 aliphatic heterocycles. The van der Waals surface area contributed by atoms with Crippen molar-refractivity contribution in [1.82, 2.24) is 4.90 Å². The Morgan fingerprint density at radius 3 is 2.41 bits per heavy atom. The van der Waals surface area contributed by atoms with Crippen molar-refractivity contribution < 1.29 is 4.79 Å². The number of aryl methyl sites for hydroxylation is 1. The molecule has 1 heterocycles. The van der Waals surface area contributed by atoms with Crippen LogP contribution in [0.4, 0.5) is 0 Å². The lowest BCUT2D eigenvalue weighted by Gasteiger charge is -2.30. The number of nitrogens with zero attached hydrogens (tertiary/aromatic N) is 1. The first-order valence-electron chi connectivity index (χ1n) is 6.22. The summed E-state index contributed by atoms with van der Waals surface area (Å²) in [6.07, 6.45) is 1.81. The molecule has 1 aromatic carbocycles. The second-order valence-corrected chi connectivity index (χ2v) is 4.94. The van der Waals surface area contributed by atoms with Gasteiger partial charge >= 0.3 is 0 Å². The Morgan fingerprint density at radius 2 is 1.88 bits per heavy atom. The Labute approximate surface area is 103 Å². The number of hydrogen-bond acceptors (Lipinski definition) is 2. The van der Waals surface area contributed by atoms with E-state index in [1.165, 1.54) is 11.1 Å². The first-order valence-corrected chi connectivity index (χ1v) is 6.22. The molecule has 3 nitrogen and oxygen atoms in total. The number of likely N-dealkylation sites (tertiary alicyclic amines) is 1. The number of carbonyl (C=O) groups excluding carboxylic acids is 1. The minimum atomic E-state index is -0.139. The first-order chi connectivity index (χ1) is 8.15. The Bertz CT molecular complexity index is 378. The second-order valence-electron chi connectivity index (χ2n) is 4.94. The van der Waals surface area contributed by atoms with Crippen molar-refractivity contribution in [3.05, 3.63) is 35.4 Å². The number of piperidine rings is 1. The van der Waals surface area contributed by atoms with Crippen molar-refractivity contribution in [2.45, 2.75) is 26.3 Å². The van der Waals surface area contributed by atoms with Crippen molar-refractivity contribution in [2.24, 2.45) is 11.7 Å². The Balaban J connectivity index is 1.85. The molecule has 2 N–H and O–H groups in total. The third-order valence-corrected chi connectivity index (χ3v) is 3.52. The third-order valence-electron chi connectivity index (χ3n) is 3.52. The number of hydrogen-bond donors (Lipinski definition) is 1. The fourth-order valence-corrected chi connectivity index (χ4v) is 2.33. The lowest BCUT2D eigenvalue weighted by Crippen LogP contribution is -2.38. The highest BCUT2D eigenvalue weighted by Crippen LogP contribution is 2.18. The lowest BCUT2D eigenvalue weighted by atomic mass is 9.96. The van der Waals surface area contributed by atoms with E-state index in [0.717, 1.165) is 32.5 Å². The molecule has 0 bridgehead atoms. The van der Waals surface area contributed by atoms with Gasteiger partial charge in [0.05, 0.1) is 0 Å². The van der Waals surface area contributed by atoms with Crippen LogP contribution in [0.1, 0.15) is 24.0 Å². The van der Waals surface area contributed by atoms with E-state index in [1.807, 2.05) is 0 Å². The highest BCUT2D eigenvalue weighted by molar-refractivity contribution is 5.76. The number of benzene rings is 1. The molecule has 1 saturated heterocycles. The zero-order chi connectivity index (χ0) is 12.3. The molecule has 1 amide bonds. The minimum Gasteiger partial charge on any atom is -0.369 e. The van der Waals surface area contributed by atoms with Gasteiger partial charge < -0.3 is 5.73 Å². The van der Waals surface area contributed by atoms with E-state index in [9.17, 15) is 4.79 Å². The van der Waals surface area contributed by atoms with Crippen LogP contribution in [-0.4, -0.2) is 23.9 Å². The van der Waals surface area contributed by atoms with E-state index in [4.69, 9.17) is 5.73 Å². The van der Waals surface area contributed by atoms with E-state index in [1.54, 1.807) is 0 Å². The van der Waals surface area contributed by atoms with Crippen LogP contribution in [0.2, 0.25) is 0 Å². The summed E-state index contributed by atoms with van der Waals surface area (Å²) in [4.78, 5) is 13.5. The number of carbonyl (C=O) groups is 1. The van der Waals surface area contributed by atoms with Crippen molar-refractivity contribution >= 4 is 5.91 Å². The summed E-state index contributed by atoms with van der Waals surface area (Å²) in [6, 6.07) is 8.64. The summed E-state index contributed by atoms with van der Waals surface area (Å²) in [5.74, 6) is -0.0516. The molecular formula is C14H20N2O. The van der Waals surface area contributed by atoms with E-state index in [0.29, 0.717) is 0 Å². The van der Waals surface area contributed by atoms with Crippen LogP contribution in [0.15, 0.2) is 24.3 Å². The fraction of sp³-hybridized carbons (Fsp3) is 0.500. The van der Waals surface area contributed by atoms with Crippen molar-refractivity contribution in [3.63, 3.8) is 0 Å². The van der Waals surface area contributed by atoms with Gasteiger partial charge in [0.15, 0.2) is 0 Å². The maximum absolute atomic E-state index is 11.1. The molecule has 0 saturated carbocycles. The van der Waals surface area contributed by atoms with Crippen molar-refractivity contribution in [3.8, 4) is 0 Å². The summed E-state index contributed by atoms with van der Waals surface area (Å²) in [5, 5.41) is 0. The molecule has 0 radical (unpaired) electrons. The van der Waals surface area contributed by atoms with Crippen molar-refractivity contribution in [1.29, 1.82) is 0 Å². The standard InChI is InChI=1S/C14H20N2O/c1-11-2-4-12(5-3-11)10-16-8-6-13(7-9-16)14(15)17/h2-5,13H,6-10H2,1H3,(H2,15,17). The molecule has 0 aromatic heterocycles. The van der Waals surface area contributed by atoms with Crippen LogP contribution in [0, 0.1) is 12.8 Å². The van der Waals surface area contributed by atoms with E-state index >= 15 is 0 Å². The summed E-state index contributed by atoms with van der Waals surface area (Å²) >= 11 is 0. The molecule has 0 unspecified atom stereocenters. The predicted molar refractivity (Wildman–Crippen MR) is 68.4 cm³/mol. The molecule has 1 aliphatic rings. The molecule has 0 aliphatic carbocycles. The Hall–Kier alpha value is -1.35. The molecule has 0 atom stereocenters. The normalized spacial score (nSPS) is 18.2. The van der Waals surface area contributed by atoms with Crippen LogP contribution in [0.5, 0.6) is 0 Å². The molecule has 0 spiro atoms. The van der Waals surface area contributed by atoms with Gasteiger partial charge in [0.1, 0.15) is 0 Å². The highest BCUT2D eigenvalue weighted by Gasteiger charge is 2.22. The van der Waals surface area contributed by atoms with Crippen LogP contribution in [-0.2, 0) is 11.3 Å². The fourth-order valence-electron chi connectivity index (χ4n) is 2.33. The maximum atomic E-state index is 11.1. The van der Waals surface area contributed by atoms with Gasteiger partial charge in [0, 0.05) is 12.5 Å². The minimum absolute atomic E-state index is 0.0873. The zero-order valence-electron chi connectivity index (χ0n) is 10.4. The monoisotopic (exact) mass is 232 g/mol. The summed E-state index contributed by atoms with van der Waals surface area (Å²) in [5.41, 5.74) is 7.96. The average molecular weight is 232 g/mol. The molecule has 1 aromatic rings. The molecule has 17 heavy (non-hydrogen) atoms. The van der Waals surface area contributed by atoms with Gasteiger partial charge in [0.25, 0.3) is 0 Å². The third kappa shape index (κ3) is 3.30. The quantitative estimate of drug-likeness (QED) is 0.862. The predicted octanol–water partition coefficient (Wildman–Crippen LogP) is 1.69. The Morgan fingerprint density at radius 1 is 1.29 bits per heavy atom. The van der Waals surface area contributed by atoms with Crippen LogP contribution >= 0.6 is 0 Å². The highest BCUT2D eigenvalue weighted by atomic mass is 16.1. The first kappa shape index (κ1) is 12.1. The van der Waals surface area contributed by atoms with E-state index in [-0.39, 0.29) is 11.8 Å². The molecule has 1 fully saturated rings. The van der Waals surface area contributed by atoms with Crippen LogP contribution in [0.3, 0.4) is 0 Å². The molecule has 3 heteroatoms. The Kier molecular flexibility index (Phi) is 3.79. The van der Waals surface area contributed by atoms with Gasteiger partial charge in [-0.2, -0.15) is 0 Å². The second kappa shape index (κ2) is 5.32. The largest absolute Gasteiger partial charge is 0.369 e. The number of amides is 1. The number of nitrogens with two attached hydrogens (primary N) is 1. The topological polar surface area (TPSA) is 46.3 Å². The van der Waals surface area contributed by atoms with Gasteiger partial charge in [-0.25, -0.2) is 0 Å². The SMILES string of the molecule is Cc1ccc(CN2CCC(C(N)=O)CC2)cc1. The van der Waals surface area contributed by atoms with E-state index < -0.39 is 0 Å². The summed E-state index contributed by atoms with van der Waals surface area (Å²) in [6.45, 7) is 5.02. The molecular weight excluding hydrogens is 212 g/mol. The maximum Gasteiger partial charge on any atom is 0.220 e. The van der Waals surface area contributed by atoms with Crippen molar-refractivity contribution in [2.75, 3.05) is 13.1 Å². The zero-order valence-corrected chi connectivity index (χ0v) is 10.4. The van der Waals surface area contributed by atoms with E-state index in [2.05, 4.69) is 36.1 Å². The lowest BCUT2D eigenvalue weighted by molar-refractivity contribution is -0.123. The van der Waals surface area contributed by atoms with Crippen LogP contribution in [0.25, 0.3) is 0 Å². The van der Waals surface area contributed by atoms with Gasteiger partial charge in [-0.1, -0.05) is 29.8 Å². The van der Waals surface area contributed by atoms with Gasteiger partial charge in [-0.3, -0.25) is 9.69 Å². The molecule has 92 valence electrons. The van der Waals surface area contributed by atoms with Crippen LogP contribution < -0.4 is 5.73 Å². The summed E-state index contributed by atoms with van der Waals surface area (Å²) in [7, 11) is 0. The van der Waals surface area contributed by atoms with Gasteiger partial charge in [0.2, 0.25) is 5.91 Å². The van der Waals surface area contributed by atoms with Gasteiger partial charge in [-0.05, 0) is 38.4 Å². The summed E-state index contributed by atoms with van der Waals surface area (Å²) < 4.78 is 0. The van der Waals surface area contributed by atoms with Gasteiger partial charge in [-0.15, -0.1) is 0 Å². The molecule has 2 rings (SSSR count).